The summed E-state index contributed by atoms with van der Waals surface area (Å²) in [6.07, 6.45) is -6.00. The minimum atomic E-state index is -4.63. The molecule has 0 saturated heterocycles. The molecule has 0 fully saturated rings. The number of ether oxygens (including phenoxy) is 1. The Morgan fingerprint density at radius 1 is 1.29 bits per heavy atom. The van der Waals surface area contributed by atoms with Gasteiger partial charge in [0.2, 0.25) is 0 Å². The van der Waals surface area contributed by atoms with Gasteiger partial charge in [0.05, 0.1) is 22.0 Å². The lowest BCUT2D eigenvalue weighted by Crippen LogP contribution is -2.39. The number of carbonyl (C=O) groups excluding carboxylic acids is 2. The van der Waals surface area contributed by atoms with E-state index in [1.165, 1.54) is 21.0 Å². The van der Waals surface area contributed by atoms with Crippen molar-refractivity contribution in [2.24, 2.45) is 14.1 Å². The molecule has 0 aliphatic rings. The van der Waals surface area contributed by atoms with Gasteiger partial charge >= 0.3 is 17.8 Å². The van der Waals surface area contributed by atoms with Gasteiger partial charge in [0.1, 0.15) is 0 Å². The Hall–Kier alpha value is -2.80. The number of thioether (sulfide) groups is 1. The predicted octanol–water partition coefficient (Wildman–Crippen LogP) is 1.81. The molecule has 1 heterocycles. The van der Waals surface area contributed by atoms with Crippen molar-refractivity contribution in [2.45, 2.75) is 24.2 Å². The number of nitrogens with zero attached hydrogens (tertiary/aromatic N) is 3. The normalized spacial score (nSPS) is 12.4. The van der Waals surface area contributed by atoms with Gasteiger partial charge in [-0.3, -0.25) is 19.0 Å². The van der Waals surface area contributed by atoms with Crippen molar-refractivity contribution in [3.63, 3.8) is 0 Å². The Morgan fingerprint density at radius 3 is 2.55 bits per heavy atom. The standard InChI is InChI=1S/C17H16ClF3N4O5S/c1-8(13(27)22-11-6-9(17(19,20)21)4-5-10(11)18)30-12(26)7-31-14-15(28)24(2)16(29)25(3)23-14/h4-6,8H,7H2,1-3H3,(H,22,27)/t8-/m1/s1. The van der Waals surface area contributed by atoms with Crippen LogP contribution in [0.5, 0.6) is 0 Å². The molecule has 1 N–H and O–H groups in total. The minimum absolute atomic E-state index is 0.130. The summed E-state index contributed by atoms with van der Waals surface area (Å²) in [7, 11) is 2.58. The van der Waals surface area contributed by atoms with E-state index in [-0.39, 0.29) is 15.7 Å². The number of amides is 1. The zero-order valence-corrected chi connectivity index (χ0v) is 17.9. The van der Waals surface area contributed by atoms with E-state index in [1.54, 1.807) is 0 Å². The molecule has 9 nitrogen and oxygen atoms in total. The fourth-order valence-corrected chi connectivity index (χ4v) is 3.13. The van der Waals surface area contributed by atoms with E-state index in [2.05, 4.69) is 10.4 Å². The molecule has 2 rings (SSSR count). The molecule has 1 aromatic heterocycles. The van der Waals surface area contributed by atoms with Gasteiger partial charge in [0.25, 0.3) is 11.5 Å². The largest absolute Gasteiger partial charge is 0.452 e. The summed E-state index contributed by atoms with van der Waals surface area (Å²) in [6.45, 7) is 1.21. The molecule has 0 bridgehead atoms. The van der Waals surface area contributed by atoms with Gasteiger partial charge in [0.15, 0.2) is 11.1 Å². The van der Waals surface area contributed by atoms with E-state index in [0.29, 0.717) is 17.8 Å². The van der Waals surface area contributed by atoms with E-state index in [1.807, 2.05) is 0 Å². The van der Waals surface area contributed by atoms with Crippen LogP contribution in [0, 0.1) is 0 Å². The molecule has 14 heteroatoms. The molecule has 0 unspecified atom stereocenters. The highest BCUT2D eigenvalue weighted by Gasteiger charge is 2.31. The van der Waals surface area contributed by atoms with E-state index in [0.717, 1.165) is 21.4 Å². The number of hydrogen-bond donors (Lipinski definition) is 1. The first-order valence-electron chi connectivity index (χ1n) is 8.45. The van der Waals surface area contributed by atoms with Gasteiger partial charge in [-0.1, -0.05) is 23.4 Å². The van der Waals surface area contributed by atoms with Crippen LogP contribution in [0.3, 0.4) is 0 Å². The van der Waals surface area contributed by atoms with E-state index >= 15 is 0 Å². The summed E-state index contributed by atoms with van der Waals surface area (Å²) in [5.74, 6) is -2.20. The fourth-order valence-electron chi connectivity index (χ4n) is 2.20. The molecule has 2 aromatic rings. The van der Waals surface area contributed by atoms with E-state index < -0.39 is 46.7 Å². The zero-order valence-electron chi connectivity index (χ0n) is 16.3. The van der Waals surface area contributed by atoms with Crippen molar-refractivity contribution in [3.8, 4) is 0 Å². The first-order valence-corrected chi connectivity index (χ1v) is 9.82. The molecule has 0 radical (unpaired) electrons. The highest BCUT2D eigenvalue weighted by Crippen LogP contribution is 2.33. The molecule has 168 valence electrons. The summed E-state index contributed by atoms with van der Waals surface area (Å²) in [6, 6.07) is 2.40. The molecule has 0 spiro atoms. The third-order valence-electron chi connectivity index (χ3n) is 3.85. The van der Waals surface area contributed by atoms with Crippen LogP contribution < -0.4 is 16.6 Å². The number of nitrogens with one attached hydrogen (secondary N) is 1. The van der Waals surface area contributed by atoms with Gasteiger partial charge in [-0.15, -0.1) is 0 Å². The van der Waals surface area contributed by atoms with Crippen LogP contribution in [-0.2, 0) is 34.6 Å². The highest BCUT2D eigenvalue weighted by atomic mass is 35.5. The summed E-state index contributed by atoms with van der Waals surface area (Å²) < 4.78 is 45.1. The van der Waals surface area contributed by atoms with Crippen LogP contribution in [0.15, 0.2) is 32.8 Å². The number of hydrogen-bond acceptors (Lipinski definition) is 7. The van der Waals surface area contributed by atoms with E-state index in [9.17, 15) is 32.3 Å². The Labute approximate surface area is 182 Å². The fraction of sp³-hybridized carbons (Fsp3) is 0.353. The van der Waals surface area contributed by atoms with Gasteiger partial charge in [0, 0.05) is 14.1 Å². The molecule has 1 amide bonds. The second-order valence-electron chi connectivity index (χ2n) is 6.18. The molecule has 1 aromatic carbocycles. The van der Waals surface area contributed by atoms with Crippen LogP contribution in [0.1, 0.15) is 12.5 Å². The molecule has 31 heavy (non-hydrogen) atoms. The lowest BCUT2D eigenvalue weighted by molar-refractivity contribution is -0.150. The number of esters is 1. The molecular weight excluding hydrogens is 465 g/mol. The van der Waals surface area contributed by atoms with Crippen molar-refractivity contribution in [2.75, 3.05) is 11.1 Å². The average Bonchev–Trinajstić information content (AvgIpc) is 2.68. The van der Waals surface area contributed by atoms with Crippen molar-refractivity contribution in [1.82, 2.24) is 14.3 Å². The van der Waals surface area contributed by atoms with Crippen molar-refractivity contribution >= 4 is 40.9 Å². The lowest BCUT2D eigenvalue weighted by atomic mass is 10.2. The molecule has 0 saturated carbocycles. The number of benzene rings is 1. The smallest absolute Gasteiger partial charge is 0.416 e. The maximum Gasteiger partial charge on any atom is 0.416 e. The molecule has 1 atom stereocenters. The summed E-state index contributed by atoms with van der Waals surface area (Å²) in [5.41, 5.74) is -2.65. The van der Waals surface area contributed by atoms with Crippen molar-refractivity contribution in [1.29, 1.82) is 0 Å². The Bertz CT molecular complexity index is 1130. The van der Waals surface area contributed by atoms with Crippen LogP contribution in [0.4, 0.5) is 18.9 Å². The zero-order chi connectivity index (χ0) is 23.5. The second-order valence-corrected chi connectivity index (χ2v) is 7.55. The van der Waals surface area contributed by atoms with E-state index in [4.69, 9.17) is 16.3 Å². The monoisotopic (exact) mass is 480 g/mol. The predicted molar refractivity (Wildman–Crippen MR) is 106 cm³/mol. The van der Waals surface area contributed by atoms with Crippen molar-refractivity contribution < 1.29 is 27.5 Å². The lowest BCUT2D eigenvalue weighted by Gasteiger charge is -2.15. The van der Waals surface area contributed by atoms with Gasteiger partial charge in [-0.05, 0) is 25.1 Å². The SMILES string of the molecule is C[C@@H](OC(=O)CSc1nn(C)c(=O)n(C)c1=O)C(=O)Nc1cc(C(F)(F)F)ccc1Cl. The number of carbonyl (C=O) groups is 2. The topological polar surface area (TPSA) is 112 Å². The number of aromatic nitrogens is 3. The number of halogens is 4. The summed E-state index contributed by atoms with van der Waals surface area (Å²) in [5, 5.41) is 5.66. The second kappa shape index (κ2) is 9.56. The third-order valence-corrected chi connectivity index (χ3v) is 5.09. The molecular formula is C17H16ClF3N4O5S. The average molecular weight is 481 g/mol. The maximum atomic E-state index is 12.8. The van der Waals surface area contributed by atoms with Gasteiger partial charge < -0.3 is 10.1 Å². The number of rotatable bonds is 6. The molecule has 0 aliphatic carbocycles. The third kappa shape index (κ3) is 6.10. The highest BCUT2D eigenvalue weighted by molar-refractivity contribution is 7.99. The first kappa shape index (κ1) is 24.5. The summed E-state index contributed by atoms with van der Waals surface area (Å²) in [4.78, 5) is 47.7. The van der Waals surface area contributed by atoms with Crippen molar-refractivity contribution in [3.05, 3.63) is 49.6 Å². The van der Waals surface area contributed by atoms with Crippen LogP contribution >= 0.6 is 23.4 Å². The Morgan fingerprint density at radius 2 is 1.94 bits per heavy atom. The summed E-state index contributed by atoms with van der Waals surface area (Å²) >= 11 is 6.51. The van der Waals surface area contributed by atoms with Crippen LogP contribution in [0.2, 0.25) is 5.02 Å². The van der Waals surface area contributed by atoms with Crippen LogP contribution in [0.25, 0.3) is 0 Å². The number of aryl methyl sites for hydroxylation is 1. The number of anilines is 1. The number of alkyl halides is 3. The quantitative estimate of drug-likeness (QED) is 0.495. The Balaban J connectivity index is 2.00. The van der Waals surface area contributed by atoms with Crippen LogP contribution in [-0.4, -0.2) is 38.1 Å². The molecule has 0 aliphatic heterocycles. The van der Waals surface area contributed by atoms with Gasteiger partial charge in [-0.2, -0.15) is 18.3 Å². The Kier molecular flexibility index (Phi) is 7.54. The maximum absolute atomic E-state index is 12.8. The van der Waals surface area contributed by atoms with Gasteiger partial charge in [-0.25, -0.2) is 9.48 Å². The minimum Gasteiger partial charge on any atom is -0.452 e. The first-order chi connectivity index (χ1) is 14.3.